The Morgan fingerprint density at radius 3 is 3.10 bits per heavy atom. The summed E-state index contributed by atoms with van der Waals surface area (Å²) in [7, 11) is 0. The molecule has 0 aromatic heterocycles. The summed E-state index contributed by atoms with van der Waals surface area (Å²) in [4.78, 5) is 10.7. The molecule has 0 unspecified atom stereocenters. The quantitative estimate of drug-likeness (QED) is 0.439. The zero-order valence-electron chi connectivity index (χ0n) is 5.89. The highest BCUT2D eigenvalue weighted by atomic mass is 16.1. The summed E-state index contributed by atoms with van der Waals surface area (Å²) >= 11 is 0. The van der Waals surface area contributed by atoms with Crippen LogP contribution in [-0.4, -0.2) is 18.4 Å². The van der Waals surface area contributed by atoms with E-state index in [1.165, 1.54) is 6.42 Å². The molecule has 1 fully saturated rings. The summed E-state index contributed by atoms with van der Waals surface area (Å²) in [6.07, 6.45) is 7.69. The Bertz CT molecular complexity index is 163. The van der Waals surface area contributed by atoms with Crippen molar-refractivity contribution in [3.05, 3.63) is 0 Å². The fourth-order valence-corrected chi connectivity index (χ4v) is 1.21. The molecular weight excluding hydrogens is 126 g/mol. The van der Waals surface area contributed by atoms with Crippen LogP contribution in [0.25, 0.3) is 0 Å². The van der Waals surface area contributed by atoms with Crippen LogP contribution in [0.5, 0.6) is 0 Å². The van der Waals surface area contributed by atoms with Gasteiger partial charge in [-0.2, -0.15) is 0 Å². The van der Waals surface area contributed by atoms with Crippen LogP contribution in [0.4, 0.5) is 0 Å². The largest absolute Gasteiger partial charge is 0.314 e. The standard InChI is InChI=1S/C8H11NO/c1-2-8(10)6-7-4-3-5-9-7/h1,7,9H,3-6H2/t7-/m1/s1. The lowest BCUT2D eigenvalue weighted by Gasteiger charge is -2.04. The Morgan fingerprint density at radius 1 is 1.80 bits per heavy atom. The van der Waals surface area contributed by atoms with Gasteiger partial charge < -0.3 is 5.32 Å². The molecule has 1 aliphatic heterocycles. The van der Waals surface area contributed by atoms with Crippen LogP contribution in [0, 0.1) is 12.3 Å². The average molecular weight is 137 g/mol. The second-order valence-electron chi connectivity index (χ2n) is 2.56. The van der Waals surface area contributed by atoms with Crippen molar-refractivity contribution < 1.29 is 4.79 Å². The van der Waals surface area contributed by atoms with Crippen LogP contribution in [0.2, 0.25) is 0 Å². The molecule has 2 heteroatoms. The number of carbonyl (C=O) groups is 1. The molecule has 54 valence electrons. The summed E-state index contributed by atoms with van der Waals surface area (Å²) in [5.74, 6) is 2.03. The van der Waals surface area contributed by atoms with E-state index >= 15 is 0 Å². The van der Waals surface area contributed by atoms with Gasteiger partial charge in [-0.3, -0.25) is 4.79 Å². The molecule has 0 spiro atoms. The van der Waals surface area contributed by atoms with Gasteiger partial charge in [0.15, 0.2) is 0 Å². The van der Waals surface area contributed by atoms with Gasteiger partial charge in [-0.1, -0.05) is 0 Å². The fraction of sp³-hybridized carbons (Fsp3) is 0.625. The highest BCUT2D eigenvalue weighted by Crippen LogP contribution is 2.08. The first-order valence-electron chi connectivity index (χ1n) is 3.56. The van der Waals surface area contributed by atoms with Crippen LogP contribution in [-0.2, 0) is 4.79 Å². The minimum absolute atomic E-state index is 0.0839. The molecule has 1 saturated heterocycles. The van der Waals surface area contributed by atoms with Crippen molar-refractivity contribution in [1.82, 2.24) is 5.32 Å². The molecule has 1 heterocycles. The Kier molecular flexibility index (Phi) is 2.47. The van der Waals surface area contributed by atoms with Crippen LogP contribution in [0.3, 0.4) is 0 Å². The van der Waals surface area contributed by atoms with Crippen molar-refractivity contribution in [3.8, 4) is 12.3 Å². The van der Waals surface area contributed by atoms with E-state index in [0.717, 1.165) is 13.0 Å². The lowest BCUT2D eigenvalue weighted by Crippen LogP contribution is -2.23. The molecule has 1 atom stereocenters. The number of hydrogen-bond acceptors (Lipinski definition) is 2. The Hall–Kier alpha value is -0.810. The number of ketones is 1. The van der Waals surface area contributed by atoms with Gasteiger partial charge in [-0.15, -0.1) is 6.42 Å². The highest BCUT2D eigenvalue weighted by molar-refractivity contribution is 5.95. The minimum atomic E-state index is -0.0839. The number of hydrogen-bond donors (Lipinski definition) is 1. The lowest BCUT2D eigenvalue weighted by molar-refractivity contribution is -0.114. The van der Waals surface area contributed by atoms with E-state index in [4.69, 9.17) is 6.42 Å². The van der Waals surface area contributed by atoms with Gasteiger partial charge in [0.1, 0.15) is 0 Å². The van der Waals surface area contributed by atoms with Gasteiger partial charge in [0.05, 0.1) is 0 Å². The summed E-state index contributed by atoms with van der Waals surface area (Å²) < 4.78 is 0. The molecule has 0 saturated carbocycles. The SMILES string of the molecule is C#CC(=O)C[C@H]1CCCN1. The summed E-state index contributed by atoms with van der Waals surface area (Å²) in [6.45, 7) is 1.03. The van der Waals surface area contributed by atoms with Crippen LogP contribution in [0.1, 0.15) is 19.3 Å². The van der Waals surface area contributed by atoms with E-state index in [1.54, 1.807) is 0 Å². The third-order valence-electron chi connectivity index (χ3n) is 1.76. The molecule has 0 aromatic rings. The topological polar surface area (TPSA) is 29.1 Å². The Balaban J connectivity index is 2.25. The van der Waals surface area contributed by atoms with Gasteiger partial charge in [-0.05, 0) is 25.3 Å². The molecule has 1 N–H and O–H groups in total. The van der Waals surface area contributed by atoms with E-state index in [0.29, 0.717) is 12.5 Å². The zero-order chi connectivity index (χ0) is 7.40. The number of carbonyl (C=O) groups excluding carboxylic acids is 1. The van der Waals surface area contributed by atoms with Crippen molar-refractivity contribution >= 4 is 5.78 Å². The first kappa shape index (κ1) is 7.30. The Morgan fingerprint density at radius 2 is 2.60 bits per heavy atom. The second kappa shape index (κ2) is 3.38. The monoisotopic (exact) mass is 137 g/mol. The van der Waals surface area contributed by atoms with Gasteiger partial charge in [0, 0.05) is 12.5 Å². The predicted molar refractivity (Wildman–Crippen MR) is 39.5 cm³/mol. The van der Waals surface area contributed by atoms with Gasteiger partial charge in [0.25, 0.3) is 0 Å². The number of Topliss-reactive ketones (excluding diaryl/α,β-unsaturated/α-hetero) is 1. The van der Waals surface area contributed by atoms with Crippen LogP contribution >= 0.6 is 0 Å². The molecule has 0 aromatic carbocycles. The summed E-state index contributed by atoms with van der Waals surface area (Å²) in [5, 5.41) is 3.21. The summed E-state index contributed by atoms with van der Waals surface area (Å²) in [5.41, 5.74) is 0. The van der Waals surface area contributed by atoms with Crippen molar-refractivity contribution in [2.45, 2.75) is 25.3 Å². The molecular formula is C8H11NO. The maximum atomic E-state index is 10.7. The first-order chi connectivity index (χ1) is 4.83. The average Bonchev–Trinajstić information content (AvgIpc) is 2.40. The van der Waals surface area contributed by atoms with E-state index in [9.17, 15) is 4.79 Å². The lowest BCUT2D eigenvalue weighted by atomic mass is 10.1. The first-order valence-corrected chi connectivity index (χ1v) is 3.56. The maximum Gasteiger partial charge on any atom is 0.206 e. The van der Waals surface area contributed by atoms with Gasteiger partial charge in [0.2, 0.25) is 5.78 Å². The molecule has 10 heavy (non-hydrogen) atoms. The molecule has 0 bridgehead atoms. The van der Waals surface area contributed by atoms with E-state index in [2.05, 4.69) is 11.2 Å². The van der Waals surface area contributed by atoms with Gasteiger partial charge in [-0.25, -0.2) is 0 Å². The highest BCUT2D eigenvalue weighted by Gasteiger charge is 2.15. The predicted octanol–water partition coefficient (Wildman–Crippen LogP) is 0.331. The molecule has 1 aliphatic rings. The van der Waals surface area contributed by atoms with E-state index in [-0.39, 0.29) is 5.78 Å². The number of nitrogens with one attached hydrogen (secondary N) is 1. The number of rotatable bonds is 2. The fourth-order valence-electron chi connectivity index (χ4n) is 1.21. The third kappa shape index (κ3) is 1.85. The summed E-state index contributed by atoms with van der Waals surface area (Å²) in [6, 6.07) is 0.351. The van der Waals surface area contributed by atoms with Crippen molar-refractivity contribution in [1.29, 1.82) is 0 Å². The second-order valence-corrected chi connectivity index (χ2v) is 2.56. The normalized spacial score (nSPS) is 24.1. The van der Waals surface area contributed by atoms with Crippen molar-refractivity contribution in [3.63, 3.8) is 0 Å². The van der Waals surface area contributed by atoms with E-state index in [1.807, 2.05) is 0 Å². The van der Waals surface area contributed by atoms with Crippen LogP contribution < -0.4 is 5.32 Å². The smallest absolute Gasteiger partial charge is 0.206 e. The van der Waals surface area contributed by atoms with Crippen molar-refractivity contribution in [2.75, 3.05) is 6.54 Å². The number of terminal acetylenes is 1. The van der Waals surface area contributed by atoms with Gasteiger partial charge >= 0.3 is 0 Å². The van der Waals surface area contributed by atoms with Crippen molar-refractivity contribution in [2.24, 2.45) is 0 Å². The molecule has 0 radical (unpaired) electrons. The molecule has 0 aliphatic carbocycles. The molecule has 1 rings (SSSR count). The molecule has 0 amide bonds. The molecule has 2 nitrogen and oxygen atoms in total. The maximum absolute atomic E-state index is 10.7. The zero-order valence-corrected chi connectivity index (χ0v) is 5.89. The third-order valence-corrected chi connectivity index (χ3v) is 1.76. The van der Waals surface area contributed by atoms with Crippen LogP contribution in [0.15, 0.2) is 0 Å². The van der Waals surface area contributed by atoms with E-state index < -0.39 is 0 Å². The Labute approximate surface area is 61.0 Å². The minimum Gasteiger partial charge on any atom is -0.314 e.